The Labute approximate surface area is 113 Å². The first kappa shape index (κ1) is 14.3. The maximum atomic E-state index is 13.2. The molecule has 0 aliphatic heterocycles. The molecule has 0 heterocycles. The number of phenolic OH excluding ortho intramolecular Hbond substituents is 1. The number of nitrogens with one attached hydrogen (secondary N) is 1. The smallest absolute Gasteiger partial charge is 0.123 e. The Morgan fingerprint density at radius 3 is 2.68 bits per heavy atom. The van der Waals surface area contributed by atoms with Crippen molar-refractivity contribution in [1.29, 1.82) is 0 Å². The van der Waals surface area contributed by atoms with Gasteiger partial charge in [0.25, 0.3) is 0 Å². The highest BCUT2D eigenvalue weighted by atomic mass is 19.1. The lowest BCUT2D eigenvalue weighted by Gasteiger charge is -2.39. The standard InChI is InChI=1S/C15H22FNO2/c1-11-4-6-15(10-18,7-5-11)17-9-12-8-13(16)2-3-14(12)19/h2-3,8,11,17-19H,4-7,9-10H2,1H3. The largest absolute Gasteiger partial charge is 0.508 e. The van der Waals surface area contributed by atoms with E-state index in [9.17, 15) is 14.6 Å². The zero-order valence-electron chi connectivity index (χ0n) is 11.3. The Morgan fingerprint density at radius 1 is 1.37 bits per heavy atom. The van der Waals surface area contributed by atoms with Crippen LogP contribution in [0.3, 0.4) is 0 Å². The Hall–Kier alpha value is -1.13. The second kappa shape index (κ2) is 5.88. The van der Waals surface area contributed by atoms with Gasteiger partial charge >= 0.3 is 0 Å². The minimum absolute atomic E-state index is 0.0792. The van der Waals surface area contributed by atoms with Crippen molar-refractivity contribution in [1.82, 2.24) is 5.32 Å². The van der Waals surface area contributed by atoms with Crippen molar-refractivity contribution in [2.24, 2.45) is 5.92 Å². The van der Waals surface area contributed by atoms with E-state index in [1.807, 2.05) is 0 Å². The number of rotatable bonds is 4. The average molecular weight is 267 g/mol. The van der Waals surface area contributed by atoms with Crippen LogP contribution >= 0.6 is 0 Å². The summed E-state index contributed by atoms with van der Waals surface area (Å²) < 4.78 is 13.2. The second-order valence-electron chi connectivity index (χ2n) is 5.75. The van der Waals surface area contributed by atoms with Gasteiger partial charge in [-0.25, -0.2) is 4.39 Å². The van der Waals surface area contributed by atoms with Gasteiger partial charge in [0.05, 0.1) is 6.61 Å². The van der Waals surface area contributed by atoms with Crippen molar-refractivity contribution < 1.29 is 14.6 Å². The van der Waals surface area contributed by atoms with E-state index < -0.39 is 0 Å². The van der Waals surface area contributed by atoms with Crippen LogP contribution in [0.1, 0.15) is 38.2 Å². The summed E-state index contributed by atoms with van der Waals surface area (Å²) in [7, 11) is 0. The molecule has 0 unspecified atom stereocenters. The molecule has 3 nitrogen and oxygen atoms in total. The number of phenols is 1. The summed E-state index contributed by atoms with van der Waals surface area (Å²) in [4.78, 5) is 0. The van der Waals surface area contributed by atoms with Crippen LogP contribution in [0.5, 0.6) is 5.75 Å². The highest BCUT2D eigenvalue weighted by molar-refractivity contribution is 5.32. The minimum atomic E-state index is -0.357. The normalized spacial score (nSPS) is 27.4. The van der Waals surface area contributed by atoms with Gasteiger partial charge in [-0.2, -0.15) is 0 Å². The van der Waals surface area contributed by atoms with Crippen molar-refractivity contribution >= 4 is 0 Å². The van der Waals surface area contributed by atoms with E-state index in [4.69, 9.17) is 0 Å². The summed E-state index contributed by atoms with van der Waals surface area (Å²) in [5, 5.41) is 22.6. The zero-order chi connectivity index (χ0) is 13.9. The highest BCUT2D eigenvalue weighted by Crippen LogP contribution is 2.32. The number of hydrogen-bond donors (Lipinski definition) is 3. The summed E-state index contributed by atoms with van der Waals surface area (Å²) in [6.07, 6.45) is 4.01. The molecular weight excluding hydrogens is 245 g/mol. The fourth-order valence-corrected chi connectivity index (χ4v) is 2.68. The Bertz CT molecular complexity index is 428. The van der Waals surface area contributed by atoms with Crippen LogP contribution in [-0.2, 0) is 6.54 Å². The van der Waals surface area contributed by atoms with Crippen LogP contribution in [0.25, 0.3) is 0 Å². The number of benzene rings is 1. The number of aliphatic hydroxyl groups excluding tert-OH is 1. The molecule has 2 rings (SSSR count). The Kier molecular flexibility index (Phi) is 4.42. The Morgan fingerprint density at radius 2 is 2.05 bits per heavy atom. The van der Waals surface area contributed by atoms with Crippen molar-refractivity contribution in [2.75, 3.05) is 6.61 Å². The molecule has 0 atom stereocenters. The van der Waals surface area contributed by atoms with Gasteiger partial charge < -0.3 is 15.5 Å². The predicted molar refractivity (Wildman–Crippen MR) is 72.4 cm³/mol. The quantitative estimate of drug-likeness (QED) is 0.786. The molecule has 0 bridgehead atoms. The van der Waals surface area contributed by atoms with Crippen molar-refractivity contribution in [3.63, 3.8) is 0 Å². The molecule has 1 saturated carbocycles. The van der Waals surface area contributed by atoms with E-state index in [2.05, 4.69) is 12.2 Å². The maximum Gasteiger partial charge on any atom is 0.123 e. The third kappa shape index (κ3) is 3.45. The summed E-state index contributed by atoms with van der Waals surface area (Å²) in [5.74, 6) is 0.431. The molecule has 1 aromatic rings. The number of halogens is 1. The fraction of sp³-hybridized carbons (Fsp3) is 0.600. The predicted octanol–water partition coefficient (Wildman–Crippen LogP) is 2.56. The number of aliphatic hydroxyl groups is 1. The molecule has 1 aliphatic rings. The third-order valence-corrected chi connectivity index (χ3v) is 4.23. The van der Waals surface area contributed by atoms with E-state index in [0.717, 1.165) is 25.7 Å². The first-order valence-corrected chi connectivity index (χ1v) is 6.88. The van der Waals surface area contributed by atoms with E-state index in [1.54, 1.807) is 0 Å². The molecule has 1 aliphatic carbocycles. The summed E-state index contributed by atoms with van der Waals surface area (Å²) in [6.45, 7) is 2.67. The number of aromatic hydroxyl groups is 1. The molecule has 0 saturated heterocycles. The highest BCUT2D eigenvalue weighted by Gasteiger charge is 2.33. The topological polar surface area (TPSA) is 52.5 Å². The van der Waals surface area contributed by atoms with E-state index in [0.29, 0.717) is 18.0 Å². The fourth-order valence-electron chi connectivity index (χ4n) is 2.68. The van der Waals surface area contributed by atoms with Crippen LogP contribution in [0.15, 0.2) is 18.2 Å². The van der Waals surface area contributed by atoms with Gasteiger partial charge in [0.2, 0.25) is 0 Å². The van der Waals surface area contributed by atoms with Gasteiger partial charge in [0, 0.05) is 17.6 Å². The monoisotopic (exact) mass is 267 g/mol. The molecular formula is C15H22FNO2. The lowest BCUT2D eigenvalue weighted by atomic mass is 9.77. The molecule has 4 heteroatoms. The van der Waals surface area contributed by atoms with E-state index in [-0.39, 0.29) is 23.7 Å². The molecule has 1 aromatic carbocycles. The molecule has 19 heavy (non-hydrogen) atoms. The second-order valence-corrected chi connectivity index (χ2v) is 5.75. The van der Waals surface area contributed by atoms with Crippen molar-refractivity contribution in [2.45, 2.75) is 44.7 Å². The first-order chi connectivity index (χ1) is 9.04. The van der Waals surface area contributed by atoms with E-state index >= 15 is 0 Å². The summed E-state index contributed by atoms with van der Waals surface area (Å²) in [5.41, 5.74) is 0.247. The van der Waals surface area contributed by atoms with Crippen LogP contribution in [0, 0.1) is 11.7 Å². The minimum Gasteiger partial charge on any atom is -0.508 e. The maximum absolute atomic E-state index is 13.2. The van der Waals surface area contributed by atoms with Gasteiger partial charge in [-0.3, -0.25) is 0 Å². The van der Waals surface area contributed by atoms with Crippen LogP contribution < -0.4 is 5.32 Å². The molecule has 0 radical (unpaired) electrons. The molecule has 3 N–H and O–H groups in total. The molecule has 0 spiro atoms. The van der Waals surface area contributed by atoms with Crippen LogP contribution in [-0.4, -0.2) is 22.4 Å². The summed E-state index contributed by atoms with van der Waals surface area (Å²) in [6, 6.07) is 3.93. The van der Waals surface area contributed by atoms with E-state index in [1.165, 1.54) is 18.2 Å². The molecule has 0 aromatic heterocycles. The van der Waals surface area contributed by atoms with Gasteiger partial charge in [0.15, 0.2) is 0 Å². The SMILES string of the molecule is CC1CCC(CO)(NCc2cc(F)ccc2O)CC1. The average Bonchev–Trinajstić information content (AvgIpc) is 2.42. The molecule has 1 fully saturated rings. The van der Waals surface area contributed by atoms with Crippen LogP contribution in [0.2, 0.25) is 0 Å². The van der Waals surface area contributed by atoms with Gasteiger partial charge in [0.1, 0.15) is 11.6 Å². The molecule has 0 amide bonds. The van der Waals surface area contributed by atoms with Gasteiger partial charge in [-0.05, 0) is 49.8 Å². The zero-order valence-corrected chi connectivity index (χ0v) is 11.3. The summed E-state index contributed by atoms with van der Waals surface area (Å²) >= 11 is 0. The first-order valence-electron chi connectivity index (χ1n) is 6.88. The lowest BCUT2D eigenvalue weighted by molar-refractivity contribution is 0.104. The van der Waals surface area contributed by atoms with Crippen molar-refractivity contribution in [3.8, 4) is 5.75 Å². The van der Waals surface area contributed by atoms with Crippen molar-refractivity contribution in [3.05, 3.63) is 29.6 Å². The number of hydrogen-bond acceptors (Lipinski definition) is 3. The van der Waals surface area contributed by atoms with Gasteiger partial charge in [-0.15, -0.1) is 0 Å². The Balaban J connectivity index is 2.01. The van der Waals surface area contributed by atoms with Gasteiger partial charge in [-0.1, -0.05) is 6.92 Å². The lowest BCUT2D eigenvalue weighted by Crippen LogP contribution is -2.50. The third-order valence-electron chi connectivity index (χ3n) is 4.23. The molecule has 106 valence electrons. The van der Waals surface area contributed by atoms with Crippen LogP contribution in [0.4, 0.5) is 4.39 Å².